The summed E-state index contributed by atoms with van der Waals surface area (Å²) in [6.07, 6.45) is 10.3. The van der Waals surface area contributed by atoms with Gasteiger partial charge in [0.25, 0.3) is 0 Å². The molecule has 2 heterocycles. The highest BCUT2D eigenvalue weighted by atomic mass is 15.2. The van der Waals surface area contributed by atoms with E-state index in [4.69, 9.17) is 0 Å². The summed E-state index contributed by atoms with van der Waals surface area (Å²) in [5, 5.41) is 0. The number of rotatable bonds is 2. The average Bonchev–Trinajstić information content (AvgIpc) is 2.37. The average molecular weight is 288 g/mol. The van der Waals surface area contributed by atoms with E-state index in [-0.39, 0.29) is 5.41 Å². The summed E-state index contributed by atoms with van der Waals surface area (Å²) in [4.78, 5) is 5.43. The molecule has 2 saturated heterocycles. The molecule has 0 bridgehead atoms. The molecule has 21 heavy (non-hydrogen) atoms. The Bertz CT molecular complexity index is 429. The zero-order valence-corrected chi connectivity index (χ0v) is 14.4. The fourth-order valence-corrected chi connectivity index (χ4v) is 4.05. The second-order valence-electron chi connectivity index (χ2n) is 8.21. The molecule has 2 heteroatoms. The van der Waals surface area contributed by atoms with Gasteiger partial charge in [-0.3, -0.25) is 4.90 Å². The molecule has 0 spiro atoms. The Labute approximate surface area is 130 Å². The molecule has 0 aromatic heterocycles. The first kappa shape index (κ1) is 15.3. The van der Waals surface area contributed by atoms with E-state index < -0.39 is 0 Å². The Morgan fingerprint density at radius 1 is 1.00 bits per heavy atom. The van der Waals surface area contributed by atoms with Gasteiger partial charge in [-0.2, -0.15) is 0 Å². The van der Waals surface area contributed by atoms with Crippen molar-refractivity contribution in [2.75, 3.05) is 26.2 Å². The van der Waals surface area contributed by atoms with Crippen LogP contribution in [0.2, 0.25) is 0 Å². The summed E-state index contributed by atoms with van der Waals surface area (Å²) in [7, 11) is 0. The molecule has 0 radical (unpaired) electrons. The maximum atomic E-state index is 2.73. The summed E-state index contributed by atoms with van der Waals surface area (Å²) in [6.45, 7) is 14.6. The van der Waals surface area contributed by atoms with E-state index in [1.54, 1.807) is 5.57 Å². The highest BCUT2D eigenvalue weighted by Gasteiger charge is 2.32. The van der Waals surface area contributed by atoms with Gasteiger partial charge in [-0.25, -0.2) is 0 Å². The van der Waals surface area contributed by atoms with Gasteiger partial charge >= 0.3 is 0 Å². The van der Waals surface area contributed by atoms with E-state index >= 15 is 0 Å². The van der Waals surface area contributed by atoms with Crippen molar-refractivity contribution >= 4 is 0 Å². The van der Waals surface area contributed by atoms with Gasteiger partial charge in [0.1, 0.15) is 0 Å². The third-order valence-corrected chi connectivity index (χ3v) is 5.68. The molecular formula is C19H32N2. The Morgan fingerprint density at radius 3 is 2.14 bits per heavy atom. The number of hydrogen-bond acceptors (Lipinski definition) is 2. The van der Waals surface area contributed by atoms with Gasteiger partial charge in [0.05, 0.1) is 0 Å². The van der Waals surface area contributed by atoms with Crippen molar-refractivity contribution in [3.63, 3.8) is 0 Å². The van der Waals surface area contributed by atoms with Gasteiger partial charge in [0.2, 0.25) is 0 Å². The van der Waals surface area contributed by atoms with Crippen molar-refractivity contribution in [3.8, 4) is 0 Å². The minimum absolute atomic E-state index is 0.288. The SMILES string of the molecule is CC1=CC(C(C)(C)C)=CCC1N1CCC(N2CCC2)CC1. The normalized spacial score (nSPS) is 29.8. The molecule has 3 rings (SSSR count). The lowest BCUT2D eigenvalue weighted by atomic mass is 9.80. The van der Waals surface area contributed by atoms with Crippen molar-refractivity contribution in [2.45, 2.75) is 65.5 Å². The highest BCUT2D eigenvalue weighted by molar-refractivity contribution is 5.34. The zero-order valence-electron chi connectivity index (χ0n) is 14.4. The highest BCUT2D eigenvalue weighted by Crippen LogP contribution is 2.34. The Morgan fingerprint density at radius 2 is 1.67 bits per heavy atom. The lowest BCUT2D eigenvalue weighted by Crippen LogP contribution is -2.52. The van der Waals surface area contributed by atoms with Crippen LogP contribution >= 0.6 is 0 Å². The molecular weight excluding hydrogens is 256 g/mol. The number of hydrogen-bond donors (Lipinski definition) is 0. The Kier molecular flexibility index (Phi) is 4.29. The van der Waals surface area contributed by atoms with Crippen LogP contribution in [-0.4, -0.2) is 48.1 Å². The molecule has 1 atom stereocenters. The van der Waals surface area contributed by atoms with Gasteiger partial charge in [-0.15, -0.1) is 0 Å². The van der Waals surface area contributed by atoms with Gasteiger partial charge in [-0.05, 0) is 56.7 Å². The molecule has 1 unspecified atom stereocenters. The van der Waals surface area contributed by atoms with Gasteiger partial charge < -0.3 is 4.90 Å². The third-order valence-electron chi connectivity index (χ3n) is 5.68. The van der Waals surface area contributed by atoms with Gasteiger partial charge in [0.15, 0.2) is 0 Å². The van der Waals surface area contributed by atoms with Gasteiger partial charge in [0, 0.05) is 25.2 Å². The molecule has 0 saturated carbocycles. The van der Waals surface area contributed by atoms with E-state index in [9.17, 15) is 0 Å². The molecule has 1 aliphatic carbocycles. The summed E-state index contributed by atoms with van der Waals surface area (Å²) >= 11 is 0. The van der Waals surface area contributed by atoms with Crippen LogP contribution in [0.5, 0.6) is 0 Å². The van der Waals surface area contributed by atoms with E-state index in [2.05, 4.69) is 49.6 Å². The van der Waals surface area contributed by atoms with E-state index in [1.807, 2.05) is 0 Å². The minimum atomic E-state index is 0.288. The standard InChI is InChI=1S/C19H32N2/c1-15-14-16(19(2,3)4)6-7-18(15)21-12-8-17(9-13-21)20-10-5-11-20/h6,14,17-18H,5,7-13H2,1-4H3. The molecule has 0 amide bonds. The second kappa shape index (κ2) is 5.89. The van der Waals surface area contributed by atoms with Crippen molar-refractivity contribution in [1.82, 2.24) is 9.80 Å². The molecule has 0 aromatic carbocycles. The summed E-state index contributed by atoms with van der Waals surface area (Å²) in [6, 6.07) is 1.54. The molecule has 2 fully saturated rings. The quantitative estimate of drug-likeness (QED) is 0.761. The van der Waals surface area contributed by atoms with Crippen molar-refractivity contribution in [3.05, 3.63) is 23.3 Å². The van der Waals surface area contributed by atoms with Crippen LogP contribution in [0.4, 0.5) is 0 Å². The topological polar surface area (TPSA) is 6.48 Å². The predicted molar refractivity (Wildman–Crippen MR) is 90.5 cm³/mol. The van der Waals surface area contributed by atoms with Crippen LogP contribution in [0.25, 0.3) is 0 Å². The molecule has 118 valence electrons. The number of likely N-dealkylation sites (tertiary alicyclic amines) is 2. The largest absolute Gasteiger partial charge is 0.300 e. The first-order chi connectivity index (χ1) is 9.95. The van der Waals surface area contributed by atoms with E-state index in [1.165, 1.54) is 57.4 Å². The monoisotopic (exact) mass is 288 g/mol. The fraction of sp³-hybridized carbons (Fsp3) is 0.789. The molecule has 3 aliphatic rings. The van der Waals surface area contributed by atoms with Crippen molar-refractivity contribution in [2.24, 2.45) is 5.41 Å². The second-order valence-corrected chi connectivity index (χ2v) is 8.21. The molecule has 0 N–H and O–H groups in total. The summed E-state index contributed by atoms with van der Waals surface area (Å²) < 4.78 is 0. The fourth-order valence-electron chi connectivity index (χ4n) is 4.05. The van der Waals surface area contributed by atoms with Crippen LogP contribution in [-0.2, 0) is 0 Å². The van der Waals surface area contributed by atoms with E-state index in [0.29, 0.717) is 6.04 Å². The Balaban J connectivity index is 1.57. The van der Waals surface area contributed by atoms with Crippen LogP contribution in [0.3, 0.4) is 0 Å². The predicted octanol–water partition coefficient (Wildman–Crippen LogP) is 3.85. The van der Waals surface area contributed by atoms with Crippen LogP contribution in [0.15, 0.2) is 23.3 Å². The van der Waals surface area contributed by atoms with Crippen molar-refractivity contribution < 1.29 is 0 Å². The smallest absolute Gasteiger partial charge is 0.0342 e. The minimum Gasteiger partial charge on any atom is -0.300 e. The van der Waals surface area contributed by atoms with Crippen LogP contribution < -0.4 is 0 Å². The first-order valence-corrected chi connectivity index (χ1v) is 8.82. The number of nitrogens with zero attached hydrogens (tertiary/aromatic N) is 2. The van der Waals surface area contributed by atoms with E-state index in [0.717, 1.165) is 6.04 Å². The Hall–Kier alpha value is -0.600. The molecule has 2 nitrogen and oxygen atoms in total. The third kappa shape index (κ3) is 3.27. The summed E-state index contributed by atoms with van der Waals surface area (Å²) in [5.41, 5.74) is 3.38. The zero-order chi connectivity index (χ0) is 15.0. The van der Waals surface area contributed by atoms with Gasteiger partial charge in [-0.1, -0.05) is 38.5 Å². The van der Waals surface area contributed by atoms with Crippen molar-refractivity contribution in [1.29, 1.82) is 0 Å². The molecule has 2 aliphatic heterocycles. The lowest BCUT2D eigenvalue weighted by Gasteiger charge is -2.45. The summed E-state index contributed by atoms with van der Waals surface area (Å²) in [5.74, 6) is 0. The first-order valence-electron chi connectivity index (χ1n) is 8.82. The number of piperidine rings is 1. The van der Waals surface area contributed by atoms with Crippen LogP contribution in [0, 0.1) is 5.41 Å². The lowest BCUT2D eigenvalue weighted by molar-refractivity contribution is 0.0540. The number of allylic oxidation sites excluding steroid dienone is 2. The molecule has 0 aromatic rings. The van der Waals surface area contributed by atoms with Crippen LogP contribution in [0.1, 0.15) is 53.4 Å². The maximum absolute atomic E-state index is 2.73. The maximum Gasteiger partial charge on any atom is 0.0342 e.